The Hall–Kier alpha value is -0.910. The molecular weight excluding hydrogens is 389 g/mol. The maximum Gasteiger partial charge on any atom is 0.130 e. The molecule has 0 saturated heterocycles. The van der Waals surface area contributed by atoms with E-state index in [9.17, 15) is 4.39 Å². The molecule has 0 spiro atoms. The zero-order valence-corrected chi connectivity index (χ0v) is 14.0. The zero-order chi connectivity index (χ0) is 14.7. The van der Waals surface area contributed by atoms with Crippen molar-refractivity contribution in [2.75, 3.05) is 0 Å². The van der Waals surface area contributed by atoms with E-state index < -0.39 is 0 Å². The molecule has 2 aromatic rings. The summed E-state index contributed by atoms with van der Waals surface area (Å²) in [6.07, 6.45) is 0. The third kappa shape index (κ3) is 3.81. The maximum atomic E-state index is 13.7. The molecule has 0 amide bonds. The summed E-state index contributed by atoms with van der Waals surface area (Å²) < 4.78 is 21.1. The molecule has 0 aromatic heterocycles. The van der Waals surface area contributed by atoms with Crippen LogP contribution in [0.25, 0.3) is 0 Å². The van der Waals surface area contributed by atoms with Gasteiger partial charge < -0.3 is 10.5 Å². The Morgan fingerprint density at radius 2 is 1.80 bits per heavy atom. The summed E-state index contributed by atoms with van der Waals surface area (Å²) in [5.41, 5.74) is 7.31. The first-order valence-electron chi connectivity index (χ1n) is 6.09. The quantitative estimate of drug-likeness (QED) is 0.785. The number of hydrogen-bond acceptors (Lipinski definition) is 2. The molecule has 0 bridgehead atoms. The molecule has 0 saturated carbocycles. The van der Waals surface area contributed by atoms with E-state index in [4.69, 9.17) is 10.5 Å². The van der Waals surface area contributed by atoms with Gasteiger partial charge in [-0.25, -0.2) is 4.39 Å². The second-order valence-electron chi connectivity index (χ2n) is 4.50. The molecule has 0 fully saturated rings. The van der Waals surface area contributed by atoms with E-state index in [1.807, 2.05) is 25.1 Å². The van der Waals surface area contributed by atoms with Crippen LogP contribution in [0, 0.1) is 5.82 Å². The normalized spacial score (nSPS) is 12.2. The molecule has 1 atom stereocenters. The van der Waals surface area contributed by atoms with Gasteiger partial charge in [0.15, 0.2) is 0 Å². The van der Waals surface area contributed by atoms with Gasteiger partial charge in [-0.2, -0.15) is 0 Å². The van der Waals surface area contributed by atoms with E-state index in [0.717, 1.165) is 10.0 Å². The molecule has 2 rings (SSSR count). The SMILES string of the molecule is C[C@H](N)c1ccc(Br)cc1OCc1ccc(Br)cc1F. The lowest BCUT2D eigenvalue weighted by molar-refractivity contribution is 0.295. The van der Waals surface area contributed by atoms with E-state index in [1.54, 1.807) is 12.1 Å². The number of hydrogen-bond donors (Lipinski definition) is 1. The van der Waals surface area contributed by atoms with Gasteiger partial charge in [-0.15, -0.1) is 0 Å². The molecule has 0 heterocycles. The van der Waals surface area contributed by atoms with E-state index in [0.29, 0.717) is 15.8 Å². The fourth-order valence-corrected chi connectivity index (χ4v) is 2.48. The minimum Gasteiger partial charge on any atom is -0.488 e. The number of benzene rings is 2. The van der Waals surface area contributed by atoms with Crippen molar-refractivity contribution in [1.29, 1.82) is 0 Å². The van der Waals surface area contributed by atoms with Crippen LogP contribution in [-0.2, 0) is 6.61 Å². The van der Waals surface area contributed by atoms with Crippen molar-refractivity contribution >= 4 is 31.9 Å². The second kappa shape index (κ2) is 6.70. The van der Waals surface area contributed by atoms with Gasteiger partial charge in [0.05, 0.1) is 0 Å². The standard InChI is InChI=1S/C15H14Br2FNO/c1-9(19)13-5-4-12(17)7-15(13)20-8-10-2-3-11(16)6-14(10)18/h2-7,9H,8,19H2,1H3/t9-/m0/s1. The van der Waals surface area contributed by atoms with Crippen molar-refractivity contribution in [1.82, 2.24) is 0 Å². The Morgan fingerprint density at radius 3 is 2.45 bits per heavy atom. The highest BCUT2D eigenvalue weighted by Gasteiger charge is 2.10. The van der Waals surface area contributed by atoms with Crippen LogP contribution in [0.5, 0.6) is 5.75 Å². The highest BCUT2D eigenvalue weighted by Crippen LogP contribution is 2.28. The summed E-state index contributed by atoms with van der Waals surface area (Å²) >= 11 is 6.62. The molecule has 0 radical (unpaired) electrons. The smallest absolute Gasteiger partial charge is 0.130 e. The van der Waals surface area contributed by atoms with Gasteiger partial charge in [-0.3, -0.25) is 0 Å². The lowest BCUT2D eigenvalue weighted by Gasteiger charge is -2.15. The molecule has 0 aliphatic rings. The van der Waals surface area contributed by atoms with Gasteiger partial charge in [0.25, 0.3) is 0 Å². The molecule has 0 aliphatic heterocycles. The summed E-state index contributed by atoms with van der Waals surface area (Å²) in [6.45, 7) is 2.05. The van der Waals surface area contributed by atoms with Crippen molar-refractivity contribution < 1.29 is 9.13 Å². The van der Waals surface area contributed by atoms with Gasteiger partial charge in [0.1, 0.15) is 18.2 Å². The predicted octanol–water partition coefficient (Wildman–Crippen LogP) is 4.95. The van der Waals surface area contributed by atoms with Crippen LogP contribution in [0.1, 0.15) is 24.1 Å². The number of ether oxygens (including phenoxy) is 1. The lowest BCUT2D eigenvalue weighted by Crippen LogP contribution is -2.08. The third-order valence-electron chi connectivity index (χ3n) is 2.86. The molecule has 2 N–H and O–H groups in total. The molecule has 2 nitrogen and oxygen atoms in total. The zero-order valence-electron chi connectivity index (χ0n) is 10.9. The van der Waals surface area contributed by atoms with E-state index >= 15 is 0 Å². The minimum atomic E-state index is -0.295. The topological polar surface area (TPSA) is 35.2 Å². The number of halogens is 3. The van der Waals surface area contributed by atoms with Crippen LogP contribution in [0.15, 0.2) is 45.3 Å². The highest BCUT2D eigenvalue weighted by atomic mass is 79.9. The van der Waals surface area contributed by atoms with Crippen molar-refractivity contribution in [3.8, 4) is 5.75 Å². The van der Waals surface area contributed by atoms with Gasteiger partial charge in [0, 0.05) is 26.1 Å². The summed E-state index contributed by atoms with van der Waals surface area (Å²) in [4.78, 5) is 0. The summed E-state index contributed by atoms with van der Waals surface area (Å²) in [7, 11) is 0. The van der Waals surface area contributed by atoms with Crippen LogP contribution in [0.4, 0.5) is 4.39 Å². The molecule has 20 heavy (non-hydrogen) atoms. The second-order valence-corrected chi connectivity index (χ2v) is 6.33. The Morgan fingerprint density at radius 1 is 1.15 bits per heavy atom. The van der Waals surface area contributed by atoms with Gasteiger partial charge >= 0.3 is 0 Å². The Bertz CT molecular complexity index is 617. The van der Waals surface area contributed by atoms with Crippen molar-refractivity contribution in [3.05, 3.63) is 62.3 Å². The summed E-state index contributed by atoms with van der Waals surface area (Å²) in [5, 5.41) is 0. The van der Waals surface area contributed by atoms with Crippen molar-refractivity contribution in [3.63, 3.8) is 0 Å². The predicted molar refractivity (Wildman–Crippen MR) is 85.2 cm³/mol. The highest BCUT2D eigenvalue weighted by molar-refractivity contribution is 9.10. The van der Waals surface area contributed by atoms with Crippen LogP contribution >= 0.6 is 31.9 Å². The van der Waals surface area contributed by atoms with Crippen molar-refractivity contribution in [2.24, 2.45) is 5.73 Å². The Balaban J connectivity index is 2.20. The van der Waals surface area contributed by atoms with Crippen molar-refractivity contribution in [2.45, 2.75) is 19.6 Å². The molecular formula is C15H14Br2FNO. The summed E-state index contributed by atoms with van der Waals surface area (Å²) in [6, 6.07) is 10.4. The third-order valence-corrected chi connectivity index (χ3v) is 3.85. The average molecular weight is 403 g/mol. The fourth-order valence-electron chi connectivity index (χ4n) is 1.80. The van der Waals surface area contributed by atoms with Gasteiger partial charge in [-0.05, 0) is 31.2 Å². The first-order valence-corrected chi connectivity index (χ1v) is 7.67. The maximum absolute atomic E-state index is 13.7. The van der Waals surface area contributed by atoms with Crippen LogP contribution in [0.2, 0.25) is 0 Å². The Kier molecular flexibility index (Phi) is 5.18. The minimum absolute atomic E-state index is 0.145. The largest absolute Gasteiger partial charge is 0.488 e. The van der Waals surface area contributed by atoms with E-state index in [-0.39, 0.29) is 18.5 Å². The van der Waals surface area contributed by atoms with Gasteiger partial charge in [0.2, 0.25) is 0 Å². The lowest BCUT2D eigenvalue weighted by atomic mass is 10.1. The molecule has 0 aliphatic carbocycles. The Labute approximate surface area is 134 Å². The van der Waals surface area contributed by atoms with Crippen LogP contribution < -0.4 is 10.5 Å². The summed E-state index contributed by atoms with van der Waals surface area (Å²) in [5.74, 6) is 0.369. The van der Waals surface area contributed by atoms with E-state index in [1.165, 1.54) is 6.07 Å². The molecule has 106 valence electrons. The molecule has 0 unspecified atom stereocenters. The van der Waals surface area contributed by atoms with E-state index in [2.05, 4.69) is 31.9 Å². The fraction of sp³-hybridized carbons (Fsp3) is 0.200. The number of nitrogens with two attached hydrogens (primary N) is 1. The molecule has 2 aromatic carbocycles. The molecule has 5 heteroatoms. The van der Waals surface area contributed by atoms with Crippen LogP contribution in [0.3, 0.4) is 0 Å². The van der Waals surface area contributed by atoms with Crippen LogP contribution in [-0.4, -0.2) is 0 Å². The monoisotopic (exact) mass is 401 g/mol. The first kappa shape index (κ1) is 15.5. The average Bonchev–Trinajstić information content (AvgIpc) is 2.37. The first-order chi connectivity index (χ1) is 9.47. The van der Waals surface area contributed by atoms with Gasteiger partial charge in [-0.1, -0.05) is 44.0 Å². The number of rotatable bonds is 4.